The first-order valence-electron chi connectivity index (χ1n) is 38.1. The number of phosphoric acid groups is 2. The Morgan fingerprint density at radius 1 is 0.296 bits per heavy atom. The van der Waals surface area contributed by atoms with Crippen LogP contribution in [0.1, 0.15) is 310 Å². The Bertz CT molecular complexity index is 2290. The second-order valence-corrected chi connectivity index (χ2v) is 28.1. The third-order valence-corrected chi connectivity index (χ3v) is 17.6. The van der Waals surface area contributed by atoms with Gasteiger partial charge in [0.2, 0.25) is 0 Å². The average molecular weight is 1420 g/mol. The van der Waals surface area contributed by atoms with Gasteiger partial charge in [-0.3, -0.25) is 37.3 Å². The highest BCUT2D eigenvalue weighted by Gasteiger charge is 2.30. The molecule has 17 nitrogen and oxygen atoms in total. The summed E-state index contributed by atoms with van der Waals surface area (Å²) in [7, 11) is -9.96. The first-order valence-corrected chi connectivity index (χ1v) is 41.1. The van der Waals surface area contributed by atoms with Crippen LogP contribution < -0.4 is 0 Å². The van der Waals surface area contributed by atoms with E-state index in [0.717, 1.165) is 167 Å². The fourth-order valence-electron chi connectivity index (χ4n) is 9.95. The van der Waals surface area contributed by atoms with Crippen molar-refractivity contribution in [3.05, 3.63) is 109 Å². The number of aliphatic hydroxyl groups is 1. The summed E-state index contributed by atoms with van der Waals surface area (Å²) in [5.41, 5.74) is 0. The normalized spacial score (nSPS) is 14.6. The van der Waals surface area contributed by atoms with Crippen molar-refractivity contribution in [2.75, 3.05) is 39.6 Å². The van der Waals surface area contributed by atoms with E-state index in [0.29, 0.717) is 25.7 Å². The molecule has 5 atom stereocenters. The Morgan fingerprint density at radius 3 is 0.878 bits per heavy atom. The largest absolute Gasteiger partial charge is 0.472 e. The third kappa shape index (κ3) is 70.2. The highest BCUT2D eigenvalue weighted by Crippen LogP contribution is 2.45. The maximum absolute atomic E-state index is 13.1. The van der Waals surface area contributed by atoms with Crippen LogP contribution in [-0.4, -0.2) is 96.7 Å². The van der Waals surface area contributed by atoms with Crippen LogP contribution in [0.3, 0.4) is 0 Å². The lowest BCUT2D eigenvalue weighted by Crippen LogP contribution is -2.30. The fourth-order valence-corrected chi connectivity index (χ4v) is 11.5. The van der Waals surface area contributed by atoms with Crippen LogP contribution in [-0.2, 0) is 65.4 Å². The molecule has 0 aliphatic rings. The monoisotopic (exact) mass is 1420 g/mol. The minimum Gasteiger partial charge on any atom is -0.462 e. The van der Waals surface area contributed by atoms with Crippen molar-refractivity contribution in [3.63, 3.8) is 0 Å². The van der Waals surface area contributed by atoms with Gasteiger partial charge >= 0.3 is 39.5 Å². The zero-order chi connectivity index (χ0) is 71.8. The molecule has 0 aromatic carbocycles. The van der Waals surface area contributed by atoms with E-state index in [-0.39, 0.29) is 25.7 Å². The summed E-state index contributed by atoms with van der Waals surface area (Å²) in [6.45, 7) is 4.54. The maximum Gasteiger partial charge on any atom is 0.472 e. The lowest BCUT2D eigenvalue weighted by Gasteiger charge is -2.21. The number of allylic oxidation sites excluding steroid dienone is 18. The Morgan fingerprint density at radius 2 is 0.541 bits per heavy atom. The average Bonchev–Trinajstić information content (AvgIpc) is 0.972. The molecule has 0 saturated carbocycles. The summed E-state index contributed by atoms with van der Waals surface area (Å²) in [6, 6.07) is 0. The number of aliphatic hydroxyl groups excluding tert-OH is 1. The van der Waals surface area contributed by atoms with E-state index in [9.17, 15) is 43.2 Å². The number of carbonyl (C=O) groups excluding carboxylic acids is 4. The van der Waals surface area contributed by atoms with E-state index in [1.165, 1.54) is 64.2 Å². The molecular weight excluding hydrogens is 1280 g/mol. The van der Waals surface area contributed by atoms with Gasteiger partial charge in [0, 0.05) is 25.7 Å². The Hall–Kier alpha value is -4.28. The van der Waals surface area contributed by atoms with Gasteiger partial charge in [-0.25, -0.2) is 9.13 Å². The zero-order valence-electron chi connectivity index (χ0n) is 61.4. The van der Waals surface area contributed by atoms with Crippen LogP contribution in [0.15, 0.2) is 109 Å². The molecule has 0 saturated heterocycles. The summed E-state index contributed by atoms with van der Waals surface area (Å²) in [5, 5.41) is 10.6. The van der Waals surface area contributed by atoms with E-state index in [1.54, 1.807) is 0 Å². The summed E-state index contributed by atoms with van der Waals surface area (Å²) in [6.07, 6.45) is 75.2. The second-order valence-electron chi connectivity index (χ2n) is 25.2. The van der Waals surface area contributed by atoms with E-state index in [4.69, 9.17) is 37.0 Å². The zero-order valence-corrected chi connectivity index (χ0v) is 63.2. The van der Waals surface area contributed by atoms with Crippen LogP contribution in [0.4, 0.5) is 0 Å². The van der Waals surface area contributed by atoms with Gasteiger partial charge < -0.3 is 33.8 Å². The molecule has 0 heterocycles. The second kappa shape index (κ2) is 71.1. The molecule has 19 heteroatoms. The maximum atomic E-state index is 13.1. The SMILES string of the molecule is CC/C=C\C/C=C\C/C=C\C/C=C\CCCCCCCCC(=O)OCC(COP(=O)(O)OCC(O)COP(=O)(O)OCC(COC(=O)CCCC/C=C\C/C=C\C/C=C\C/C=C\CC)OC(=O)CCCCCCC/C=C\CCCC)OC(=O)CCCCCCCCCCCCCCC. The highest BCUT2D eigenvalue weighted by atomic mass is 31.2. The van der Waals surface area contributed by atoms with Crippen molar-refractivity contribution in [1.82, 2.24) is 0 Å². The van der Waals surface area contributed by atoms with Gasteiger partial charge in [0.1, 0.15) is 19.3 Å². The van der Waals surface area contributed by atoms with E-state index in [1.807, 2.05) is 0 Å². The predicted molar refractivity (Wildman–Crippen MR) is 399 cm³/mol. The minimum absolute atomic E-state index is 0.0746. The quantitative estimate of drug-likeness (QED) is 0.0169. The molecule has 0 spiro atoms. The van der Waals surface area contributed by atoms with Crippen molar-refractivity contribution in [2.45, 2.75) is 329 Å². The minimum atomic E-state index is -4.98. The van der Waals surface area contributed by atoms with Crippen LogP contribution in [0.5, 0.6) is 0 Å². The van der Waals surface area contributed by atoms with E-state index in [2.05, 4.69) is 137 Å². The van der Waals surface area contributed by atoms with E-state index >= 15 is 0 Å². The molecule has 564 valence electrons. The number of ether oxygens (including phenoxy) is 4. The van der Waals surface area contributed by atoms with Gasteiger partial charge in [-0.05, 0) is 122 Å². The van der Waals surface area contributed by atoms with Gasteiger partial charge in [0.05, 0.1) is 26.4 Å². The summed E-state index contributed by atoms with van der Waals surface area (Å²) in [5.74, 6) is -2.24. The number of phosphoric ester groups is 2. The smallest absolute Gasteiger partial charge is 0.462 e. The molecule has 0 rings (SSSR count). The van der Waals surface area contributed by atoms with Gasteiger partial charge in [0.25, 0.3) is 0 Å². The Labute approximate surface area is 594 Å². The van der Waals surface area contributed by atoms with E-state index < -0.39 is 97.5 Å². The topological polar surface area (TPSA) is 237 Å². The first kappa shape index (κ1) is 93.7. The number of hydrogen-bond donors (Lipinski definition) is 3. The molecule has 0 aliphatic heterocycles. The molecule has 0 bridgehead atoms. The molecule has 3 N–H and O–H groups in total. The molecule has 5 unspecified atom stereocenters. The van der Waals surface area contributed by atoms with Crippen molar-refractivity contribution in [1.29, 1.82) is 0 Å². The number of carbonyl (C=O) groups is 4. The third-order valence-electron chi connectivity index (χ3n) is 15.7. The van der Waals surface area contributed by atoms with Crippen molar-refractivity contribution >= 4 is 39.5 Å². The van der Waals surface area contributed by atoms with Crippen LogP contribution in [0.25, 0.3) is 0 Å². The fraction of sp³-hybridized carbons (Fsp3) is 0.722. The van der Waals surface area contributed by atoms with Gasteiger partial charge in [-0.2, -0.15) is 0 Å². The summed E-state index contributed by atoms with van der Waals surface area (Å²) in [4.78, 5) is 72.8. The van der Waals surface area contributed by atoms with Crippen molar-refractivity contribution < 1.29 is 80.2 Å². The summed E-state index contributed by atoms with van der Waals surface area (Å²) < 4.78 is 68.4. The molecule has 98 heavy (non-hydrogen) atoms. The summed E-state index contributed by atoms with van der Waals surface area (Å²) >= 11 is 0. The van der Waals surface area contributed by atoms with Gasteiger partial charge in [-0.1, -0.05) is 272 Å². The lowest BCUT2D eigenvalue weighted by atomic mass is 10.0. The van der Waals surface area contributed by atoms with Crippen LogP contribution in [0.2, 0.25) is 0 Å². The van der Waals surface area contributed by atoms with Gasteiger partial charge in [-0.15, -0.1) is 0 Å². The number of rotatable bonds is 71. The van der Waals surface area contributed by atoms with Crippen molar-refractivity contribution in [3.8, 4) is 0 Å². The Kier molecular flexibility index (Phi) is 68.0. The molecule has 0 radical (unpaired) electrons. The molecule has 0 aromatic rings. The molecule has 0 amide bonds. The molecule has 0 fully saturated rings. The standard InChI is InChI=1S/C79H136O17P2/c1-5-9-13-17-21-25-29-32-34-35-36-37-39-42-45-48-52-56-60-64-77(82)90-70-75(96-79(84)66-62-58-54-50-46-40-31-27-23-19-15-11-7-3)72-94-98(87,88)92-68-73(80)67-91-97(85,86)93-71-74(95-78(83)65-61-57-53-49-43-28-24-20-16-12-8-4)69-89-76(81)63-59-55-51-47-44-41-38-33-30-26-22-18-14-10-6-2/h9-10,13-14,20-22,24-26,32-34,36-38,44,47,73-75,80H,5-8,11-12,15-19,23,27-31,35,39-43,45-46,48-72H2,1-4H3,(H,85,86)(H,87,88)/b13-9-,14-10-,24-20-,25-21-,26-22-,34-32-,37-36-,38-33-,47-44-. The predicted octanol–water partition coefficient (Wildman–Crippen LogP) is 21.8. The molecule has 0 aromatic heterocycles. The Balaban J connectivity index is 5.34. The van der Waals surface area contributed by atoms with Gasteiger partial charge in [0.15, 0.2) is 12.2 Å². The molecular formula is C79H136O17P2. The highest BCUT2D eigenvalue weighted by molar-refractivity contribution is 7.47. The number of hydrogen-bond acceptors (Lipinski definition) is 15. The van der Waals surface area contributed by atoms with Crippen molar-refractivity contribution in [2.24, 2.45) is 0 Å². The van der Waals surface area contributed by atoms with Crippen LogP contribution >= 0.6 is 15.6 Å². The lowest BCUT2D eigenvalue weighted by molar-refractivity contribution is -0.161. The molecule has 0 aliphatic carbocycles. The number of unbranched alkanes of at least 4 members (excludes halogenated alkanes) is 27. The number of esters is 4. The van der Waals surface area contributed by atoms with Crippen LogP contribution in [0, 0.1) is 0 Å². The first-order chi connectivity index (χ1) is 47.7.